The fourth-order valence-corrected chi connectivity index (χ4v) is 3.41. The Morgan fingerprint density at radius 3 is 2.68 bits per heavy atom. The summed E-state index contributed by atoms with van der Waals surface area (Å²) in [6.45, 7) is 1.72. The quantitative estimate of drug-likeness (QED) is 0.377. The number of thioether (sulfide) groups is 1. The molecular formula is C20H19N3O4S. The molecule has 1 amide bonds. The Hall–Kier alpha value is -3.13. The fourth-order valence-electron chi connectivity index (χ4n) is 2.58. The number of H-pyrrole nitrogens is 1. The van der Waals surface area contributed by atoms with Gasteiger partial charge in [0.05, 0.1) is 24.5 Å². The van der Waals surface area contributed by atoms with Crippen LogP contribution in [0.25, 0.3) is 10.8 Å². The molecule has 2 aromatic carbocycles. The summed E-state index contributed by atoms with van der Waals surface area (Å²) < 4.78 is 4.59. The minimum Gasteiger partial charge on any atom is -0.469 e. The van der Waals surface area contributed by atoms with Crippen LogP contribution in [0.1, 0.15) is 12.6 Å². The van der Waals surface area contributed by atoms with E-state index < -0.39 is 16.8 Å². The predicted molar refractivity (Wildman–Crippen MR) is 108 cm³/mol. The van der Waals surface area contributed by atoms with Crippen molar-refractivity contribution in [2.75, 3.05) is 12.4 Å². The maximum Gasteiger partial charge on any atom is 0.311 e. The van der Waals surface area contributed by atoms with Gasteiger partial charge in [0.25, 0.3) is 5.56 Å². The minimum absolute atomic E-state index is 0.106. The molecule has 0 spiro atoms. The number of anilines is 1. The maximum atomic E-state index is 12.5. The first-order valence-corrected chi connectivity index (χ1v) is 9.46. The molecule has 1 aromatic heterocycles. The molecule has 8 heteroatoms. The molecule has 0 aliphatic carbocycles. The van der Waals surface area contributed by atoms with Gasteiger partial charge in [-0.05, 0) is 29.8 Å². The number of aromatic amines is 1. The highest BCUT2D eigenvalue weighted by Crippen LogP contribution is 2.22. The van der Waals surface area contributed by atoms with Crippen LogP contribution in [0.2, 0.25) is 0 Å². The Balaban J connectivity index is 1.69. The van der Waals surface area contributed by atoms with Crippen LogP contribution in [0.3, 0.4) is 0 Å². The van der Waals surface area contributed by atoms with Gasteiger partial charge in [-0.1, -0.05) is 42.1 Å². The second-order valence-corrected chi connectivity index (χ2v) is 7.44. The van der Waals surface area contributed by atoms with Gasteiger partial charge in [-0.2, -0.15) is 0 Å². The lowest BCUT2D eigenvalue weighted by Gasteiger charge is -2.12. The van der Waals surface area contributed by atoms with Gasteiger partial charge < -0.3 is 15.0 Å². The van der Waals surface area contributed by atoms with E-state index in [1.807, 2.05) is 42.5 Å². The molecule has 0 saturated carbocycles. The molecule has 3 rings (SSSR count). The first-order chi connectivity index (χ1) is 13.4. The Morgan fingerprint density at radius 2 is 1.93 bits per heavy atom. The highest BCUT2D eigenvalue weighted by molar-refractivity contribution is 8.00. The number of nitrogens with one attached hydrogen (secondary N) is 2. The summed E-state index contributed by atoms with van der Waals surface area (Å²) in [7, 11) is 1.27. The number of rotatable bonds is 6. The number of aromatic nitrogens is 2. The third kappa shape index (κ3) is 4.98. The Morgan fingerprint density at radius 1 is 1.18 bits per heavy atom. The molecular weight excluding hydrogens is 378 g/mol. The SMILES string of the molecule is COC(=O)Cc1cc(=O)[nH]c(S[C@@H](C)C(=O)Nc2ccc3ccccc3c2)n1. The smallest absolute Gasteiger partial charge is 0.311 e. The minimum atomic E-state index is -0.511. The van der Waals surface area contributed by atoms with Crippen molar-refractivity contribution in [2.24, 2.45) is 0 Å². The van der Waals surface area contributed by atoms with Crippen molar-refractivity contribution in [3.8, 4) is 0 Å². The Bertz CT molecular complexity index is 1080. The van der Waals surface area contributed by atoms with Crippen molar-refractivity contribution < 1.29 is 14.3 Å². The molecule has 1 heterocycles. The first kappa shape index (κ1) is 19.6. The summed E-state index contributed by atoms with van der Waals surface area (Å²) in [4.78, 5) is 42.5. The highest BCUT2D eigenvalue weighted by Gasteiger charge is 2.17. The summed E-state index contributed by atoms with van der Waals surface area (Å²) >= 11 is 1.11. The molecule has 0 aliphatic rings. The number of carbonyl (C=O) groups is 2. The summed E-state index contributed by atoms with van der Waals surface area (Å²) in [6, 6.07) is 14.8. The van der Waals surface area contributed by atoms with E-state index in [2.05, 4.69) is 20.0 Å². The van der Waals surface area contributed by atoms with Crippen LogP contribution < -0.4 is 10.9 Å². The number of carbonyl (C=O) groups excluding carboxylic acids is 2. The summed E-state index contributed by atoms with van der Waals surface area (Å²) in [5.41, 5.74) is 0.593. The van der Waals surface area contributed by atoms with Gasteiger partial charge in [-0.15, -0.1) is 0 Å². The molecule has 28 heavy (non-hydrogen) atoms. The number of hydrogen-bond donors (Lipinski definition) is 2. The normalized spacial score (nSPS) is 11.8. The predicted octanol–water partition coefficient (Wildman–Crippen LogP) is 2.76. The lowest BCUT2D eigenvalue weighted by Crippen LogP contribution is -2.23. The van der Waals surface area contributed by atoms with Crippen LogP contribution in [0.15, 0.2) is 58.5 Å². The van der Waals surface area contributed by atoms with Crippen molar-refractivity contribution in [3.05, 3.63) is 64.6 Å². The molecule has 144 valence electrons. The van der Waals surface area contributed by atoms with Crippen molar-refractivity contribution in [3.63, 3.8) is 0 Å². The molecule has 0 fully saturated rings. The molecule has 1 atom stereocenters. The van der Waals surface area contributed by atoms with Crippen LogP contribution in [-0.2, 0) is 20.7 Å². The summed E-state index contributed by atoms with van der Waals surface area (Å²) in [6.07, 6.45) is -0.106. The van der Waals surface area contributed by atoms with E-state index in [0.717, 1.165) is 22.5 Å². The number of amides is 1. The molecule has 2 N–H and O–H groups in total. The molecule has 0 unspecified atom stereocenters. The molecule has 0 radical (unpaired) electrons. The van der Waals surface area contributed by atoms with E-state index in [4.69, 9.17) is 0 Å². The van der Waals surface area contributed by atoms with E-state index in [1.54, 1.807) is 6.92 Å². The monoisotopic (exact) mass is 397 g/mol. The largest absolute Gasteiger partial charge is 0.469 e. The van der Waals surface area contributed by atoms with Gasteiger partial charge in [0.2, 0.25) is 5.91 Å². The van der Waals surface area contributed by atoms with E-state index in [9.17, 15) is 14.4 Å². The second kappa shape index (κ2) is 8.71. The third-order valence-electron chi connectivity index (χ3n) is 4.00. The van der Waals surface area contributed by atoms with Crippen LogP contribution in [0.5, 0.6) is 0 Å². The van der Waals surface area contributed by atoms with Gasteiger partial charge in [0.1, 0.15) is 0 Å². The average Bonchev–Trinajstić information content (AvgIpc) is 2.67. The Labute approximate surface area is 165 Å². The van der Waals surface area contributed by atoms with Crippen molar-refractivity contribution >= 4 is 40.1 Å². The highest BCUT2D eigenvalue weighted by atomic mass is 32.2. The van der Waals surface area contributed by atoms with Crippen molar-refractivity contribution in [1.82, 2.24) is 9.97 Å². The van der Waals surface area contributed by atoms with Gasteiger partial charge in [-0.25, -0.2) is 4.98 Å². The third-order valence-corrected chi connectivity index (χ3v) is 4.98. The van der Waals surface area contributed by atoms with Gasteiger partial charge in [0.15, 0.2) is 5.16 Å². The van der Waals surface area contributed by atoms with E-state index in [-0.39, 0.29) is 17.5 Å². The standard InChI is InChI=1S/C20H19N3O4S/c1-12(28-20-22-16(10-17(24)23-20)11-18(25)27-2)19(26)21-15-8-7-13-5-3-4-6-14(13)9-15/h3-10,12H,11H2,1-2H3,(H,21,26)(H,22,23,24)/t12-/m0/s1. The zero-order chi connectivity index (χ0) is 20.1. The zero-order valence-corrected chi connectivity index (χ0v) is 16.2. The number of ether oxygens (including phenoxy) is 1. The van der Waals surface area contributed by atoms with Gasteiger partial charge in [-0.3, -0.25) is 14.4 Å². The Kier molecular flexibility index (Phi) is 6.10. The molecule has 0 aliphatic heterocycles. The lowest BCUT2D eigenvalue weighted by atomic mass is 10.1. The van der Waals surface area contributed by atoms with E-state index >= 15 is 0 Å². The topological polar surface area (TPSA) is 101 Å². The number of methoxy groups -OCH3 is 1. The van der Waals surface area contributed by atoms with E-state index in [0.29, 0.717) is 11.4 Å². The first-order valence-electron chi connectivity index (χ1n) is 8.58. The number of hydrogen-bond acceptors (Lipinski definition) is 6. The average molecular weight is 397 g/mol. The zero-order valence-electron chi connectivity index (χ0n) is 15.4. The summed E-state index contributed by atoms with van der Waals surface area (Å²) in [5, 5.41) is 4.75. The summed E-state index contributed by atoms with van der Waals surface area (Å²) in [5.74, 6) is -0.711. The van der Waals surface area contributed by atoms with Crippen molar-refractivity contribution in [2.45, 2.75) is 23.8 Å². The number of fused-ring (bicyclic) bond motifs is 1. The molecule has 7 nitrogen and oxygen atoms in total. The molecule has 0 bridgehead atoms. The van der Waals surface area contributed by atoms with E-state index in [1.165, 1.54) is 13.2 Å². The maximum absolute atomic E-state index is 12.5. The van der Waals surface area contributed by atoms with Crippen LogP contribution in [0.4, 0.5) is 5.69 Å². The number of nitrogens with zero attached hydrogens (tertiary/aromatic N) is 1. The van der Waals surface area contributed by atoms with Crippen LogP contribution in [0, 0.1) is 0 Å². The fraction of sp³-hybridized carbons (Fsp3) is 0.200. The second-order valence-electron chi connectivity index (χ2n) is 6.11. The van der Waals surface area contributed by atoms with Crippen LogP contribution in [-0.4, -0.2) is 34.2 Å². The van der Waals surface area contributed by atoms with Gasteiger partial charge in [0, 0.05) is 11.8 Å². The van der Waals surface area contributed by atoms with Gasteiger partial charge >= 0.3 is 5.97 Å². The van der Waals surface area contributed by atoms with Crippen molar-refractivity contribution in [1.29, 1.82) is 0 Å². The lowest BCUT2D eigenvalue weighted by molar-refractivity contribution is -0.139. The number of benzene rings is 2. The molecule has 3 aromatic rings. The molecule has 0 saturated heterocycles. The van der Waals surface area contributed by atoms with Crippen LogP contribution >= 0.6 is 11.8 Å². The number of esters is 1.